The van der Waals surface area contributed by atoms with Gasteiger partial charge in [0.2, 0.25) is 0 Å². The average Bonchev–Trinajstić information content (AvgIpc) is 2.40. The smallest absolute Gasteiger partial charge is 0.120 e. The average molecular weight is 249 g/mol. The number of para-hydroxylation sites is 1. The normalized spacial score (nSPS) is 28.2. The van der Waals surface area contributed by atoms with Crippen LogP contribution in [0.15, 0.2) is 24.3 Å². The van der Waals surface area contributed by atoms with Gasteiger partial charge in [-0.25, -0.2) is 0 Å². The van der Waals surface area contributed by atoms with Gasteiger partial charge in [0, 0.05) is 17.6 Å². The molecule has 0 heterocycles. The largest absolute Gasteiger partial charge is 0.508 e. The van der Waals surface area contributed by atoms with Crippen LogP contribution in [0.1, 0.15) is 38.2 Å². The molecule has 0 bridgehead atoms. The summed E-state index contributed by atoms with van der Waals surface area (Å²) in [5, 5.41) is 22.8. The van der Waals surface area contributed by atoms with Gasteiger partial charge in [-0.3, -0.25) is 0 Å². The molecule has 1 aliphatic carbocycles. The SMILES string of the molecule is CC1CCC(CO)(NCc2ccccc2O)CC1. The Morgan fingerprint density at radius 1 is 1.28 bits per heavy atom. The molecule has 2 rings (SSSR count). The fourth-order valence-electron chi connectivity index (χ4n) is 2.65. The summed E-state index contributed by atoms with van der Waals surface area (Å²) in [6.07, 6.45) is 4.35. The topological polar surface area (TPSA) is 52.5 Å². The van der Waals surface area contributed by atoms with Crippen molar-refractivity contribution >= 4 is 0 Å². The number of phenolic OH excluding ortho intramolecular Hbond substituents is 1. The molecule has 1 fully saturated rings. The van der Waals surface area contributed by atoms with Crippen molar-refractivity contribution in [1.82, 2.24) is 5.32 Å². The van der Waals surface area contributed by atoms with E-state index in [0.29, 0.717) is 12.3 Å². The van der Waals surface area contributed by atoms with Gasteiger partial charge in [0.1, 0.15) is 5.75 Å². The third-order valence-corrected chi connectivity index (χ3v) is 4.18. The van der Waals surface area contributed by atoms with Crippen molar-refractivity contribution in [3.63, 3.8) is 0 Å². The molecule has 0 saturated heterocycles. The standard InChI is InChI=1S/C15H23NO2/c1-12-6-8-15(11-17,9-7-12)16-10-13-4-2-3-5-14(13)18/h2-5,12,16-18H,6-11H2,1H3. The maximum absolute atomic E-state index is 9.74. The molecule has 0 unspecified atom stereocenters. The van der Waals surface area contributed by atoms with Crippen LogP contribution in [0, 0.1) is 5.92 Å². The van der Waals surface area contributed by atoms with Gasteiger partial charge in [0.25, 0.3) is 0 Å². The molecule has 0 spiro atoms. The molecule has 3 nitrogen and oxygen atoms in total. The second-order valence-electron chi connectivity index (χ2n) is 5.60. The van der Waals surface area contributed by atoms with E-state index in [0.717, 1.165) is 37.2 Å². The summed E-state index contributed by atoms with van der Waals surface area (Å²) in [7, 11) is 0. The van der Waals surface area contributed by atoms with Gasteiger partial charge in [0.15, 0.2) is 0 Å². The van der Waals surface area contributed by atoms with Gasteiger partial charge in [0.05, 0.1) is 6.61 Å². The highest BCUT2D eigenvalue weighted by atomic mass is 16.3. The third-order valence-electron chi connectivity index (χ3n) is 4.18. The van der Waals surface area contributed by atoms with Crippen molar-refractivity contribution in [2.75, 3.05) is 6.61 Å². The first-order chi connectivity index (χ1) is 8.65. The van der Waals surface area contributed by atoms with Crippen molar-refractivity contribution in [2.45, 2.75) is 44.7 Å². The zero-order chi connectivity index (χ0) is 13.0. The van der Waals surface area contributed by atoms with E-state index in [1.807, 2.05) is 18.2 Å². The summed E-state index contributed by atoms with van der Waals surface area (Å²) in [6, 6.07) is 7.36. The fraction of sp³-hybridized carbons (Fsp3) is 0.600. The highest BCUT2D eigenvalue weighted by molar-refractivity contribution is 5.31. The van der Waals surface area contributed by atoms with Crippen LogP contribution in [0.25, 0.3) is 0 Å². The molecule has 0 amide bonds. The van der Waals surface area contributed by atoms with Crippen LogP contribution in [0.3, 0.4) is 0 Å². The van der Waals surface area contributed by atoms with Crippen LogP contribution in [0.4, 0.5) is 0 Å². The molecule has 0 aromatic heterocycles. The lowest BCUT2D eigenvalue weighted by Gasteiger charge is -2.39. The molecule has 1 saturated carbocycles. The van der Waals surface area contributed by atoms with Gasteiger partial charge < -0.3 is 15.5 Å². The number of rotatable bonds is 4. The zero-order valence-electron chi connectivity index (χ0n) is 11.0. The minimum Gasteiger partial charge on any atom is -0.508 e. The van der Waals surface area contributed by atoms with E-state index in [1.165, 1.54) is 0 Å². The molecule has 0 aliphatic heterocycles. The Bertz CT molecular complexity index is 384. The minimum atomic E-state index is -0.158. The lowest BCUT2D eigenvalue weighted by Crippen LogP contribution is -2.50. The number of aliphatic hydroxyl groups is 1. The van der Waals surface area contributed by atoms with E-state index in [1.54, 1.807) is 6.07 Å². The molecule has 0 atom stereocenters. The maximum atomic E-state index is 9.74. The maximum Gasteiger partial charge on any atom is 0.120 e. The predicted octanol–water partition coefficient (Wildman–Crippen LogP) is 2.42. The molecule has 3 heteroatoms. The van der Waals surface area contributed by atoms with E-state index < -0.39 is 0 Å². The Kier molecular flexibility index (Phi) is 4.25. The van der Waals surface area contributed by atoms with Crippen LogP contribution in [0.5, 0.6) is 5.75 Å². The first kappa shape index (κ1) is 13.4. The number of aliphatic hydroxyl groups excluding tert-OH is 1. The molecular weight excluding hydrogens is 226 g/mol. The molecule has 18 heavy (non-hydrogen) atoms. The Hall–Kier alpha value is -1.06. The summed E-state index contributed by atoms with van der Waals surface area (Å²) in [4.78, 5) is 0. The van der Waals surface area contributed by atoms with Crippen molar-refractivity contribution in [2.24, 2.45) is 5.92 Å². The van der Waals surface area contributed by atoms with Gasteiger partial charge in [-0.2, -0.15) is 0 Å². The fourth-order valence-corrected chi connectivity index (χ4v) is 2.65. The van der Waals surface area contributed by atoms with Crippen LogP contribution < -0.4 is 5.32 Å². The van der Waals surface area contributed by atoms with E-state index >= 15 is 0 Å². The second kappa shape index (κ2) is 5.72. The highest BCUT2D eigenvalue weighted by Gasteiger charge is 2.33. The predicted molar refractivity (Wildman–Crippen MR) is 72.4 cm³/mol. The quantitative estimate of drug-likeness (QED) is 0.768. The summed E-state index contributed by atoms with van der Waals surface area (Å²) >= 11 is 0. The third kappa shape index (κ3) is 3.03. The summed E-state index contributed by atoms with van der Waals surface area (Å²) in [5.74, 6) is 1.08. The molecule has 100 valence electrons. The van der Waals surface area contributed by atoms with Gasteiger partial charge in [-0.1, -0.05) is 25.1 Å². The molecule has 1 aromatic rings. The van der Waals surface area contributed by atoms with Gasteiger partial charge in [-0.05, 0) is 37.7 Å². The Balaban J connectivity index is 1.97. The van der Waals surface area contributed by atoms with Gasteiger partial charge >= 0.3 is 0 Å². The summed E-state index contributed by atoms with van der Waals surface area (Å²) in [5.41, 5.74) is 0.735. The molecule has 0 radical (unpaired) electrons. The number of benzene rings is 1. The van der Waals surface area contributed by atoms with Crippen LogP contribution in [-0.2, 0) is 6.54 Å². The van der Waals surface area contributed by atoms with Crippen molar-refractivity contribution < 1.29 is 10.2 Å². The Morgan fingerprint density at radius 2 is 1.94 bits per heavy atom. The van der Waals surface area contributed by atoms with Crippen LogP contribution in [-0.4, -0.2) is 22.4 Å². The lowest BCUT2D eigenvalue weighted by molar-refractivity contribution is 0.104. The number of hydrogen-bond donors (Lipinski definition) is 3. The van der Waals surface area contributed by atoms with Gasteiger partial charge in [-0.15, -0.1) is 0 Å². The first-order valence-corrected chi connectivity index (χ1v) is 6.78. The molecule has 1 aromatic carbocycles. The zero-order valence-corrected chi connectivity index (χ0v) is 11.0. The minimum absolute atomic E-state index is 0.158. The number of nitrogens with one attached hydrogen (secondary N) is 1. The summed E-state index contributed by atoms with van der Waals surface area (Å²) < 4.78 is 0. The monoisotopic (exact) mass is 249 g/mol. The van der Waals surface area contributed by atoms with Crippen molar-refractivity contribution in [3.05, 3.63) is 29.8 Å². The first-order valence-electron chi connectivity index (χ1n) is 6.78. The van der Waals surface area contributed by atoms with E-state index in [4.69, 9.17) is 0 Å². The van der Waals surface area contributed by atoms with E-state index in [-0.39, 0.29) is 12.1 Å². The lowest BCUT2D eigenvalue weighted by atomic mass is 9.77. The number of aromatic hydroxyl groups is 1. The van der Waals surface area contributed by atoms with Crippen LogP contribution >= 0.6 is 0 Å². The second-order valence-corrected chi connectivity index (χ2v) is 5.60. The Labute approximate surface area is 109 Å². The number of hydrogen-bond acceptors (Lipinski definition) is 3. The van der Waals surface area contributed by atoms with Crippen molar-refractivity contribution in [3.8, 4) is 5.75 Å². The van der Waals surface area contributed by atoms with Crippen LogP contribution in [0.2, 0.25) is 0 Å². The van der Waals surface area contributed by atoms with Crippen molar-refractivity contribution in [1.29, 1.82) is 0 Å². The van der Waals surface area contributed by atoms with E-state index in [9.17, 15) is 10.2 Å². The Morgan fingerprint density at radius 3 is 2.56 bits per heavy atom. The molecule has 1 aliphatic rings. The highest BCUT2D eigenvalue weighted by Crippen LogP contribution is 2.32. The molecular formula is C15H23NO2. The number of phenols is 1. The van der Waals surface area contributed by atoms with E-state index in [2.05, 4.69) is 12.2 Å². The summed E-state index contributed by atoms with van der Waals surface area (Å²) in [6.45, 7) is 3.05. The molecule has 3 N–H and O–H groups in total.